The molecule has 0 saturated heterocycles. The second-order valence-corrected chi connectivity index (χ2v) is 5.85. The Bertz CT molecular complexity index is 942. The van der Waals surface area contributed by atoms with E-state index < -0.39 is 11.2 Å². The molecule has 0 radical (unpaired) electrons. The van der Waals surface area contributed by atoms with Gasteiger partial charge in [0.05, 0.1) is 6.61 Å². The van der Waals surface area contributed by atoms with E-state index in [0.29, 0.717) is 12.2 Å². The van der Waals surface area contributed by atoms with Crippen LogP contribution in [0.15, 0.2) is 32.2 Å². The van der Waals surface area contributed by atoms with Gasteiger partial charge < -0.3 is 9.15 Å². The molecule has 1 aromatic rings. The zero-order chi connectivity index (χ0) is 17.1. The van der Waals surface area contributed by atoms with Crippen LogP contribution in [-0.4, -0.2) is 16.6 Å². The van der Waals surface area contributed by atoms with Crippen LogP contribution >= 0.6 is 0 Å². The van der Waals surface area contributed by atoms with Crippen LogP contribution in [0.25, 0.3) is 22.4 Å². The van der Waals surface area contributed by atoms with E-state index in [1.165, 1.54) is 12.8 Å². The van der Waals surface area contributed by atoms with Crippen molar-refractivity contribution in [1.82, 2.24) is 9.97 Å². The highest BCUT2D eigenvalue weighted by atomic mass is 16.5. The largest absolute Gasteiger partial charge is 0.493 e. The number of aryl methyl sites for hydroxylation is 1. The Hall–Kier alpha value is -2.63. The first-order valence-electron chi connectivity index (χ1n) is 8.20. The van der Waals surface area contributed by atoms with Gasteiger partial charge in [0, 0.05) is 10.9 Å². The molecule has 1 N–H and O–H groups in total. The molecule has 0 unspecified atom stereocenters. The minimum atomic E-state index is -0.711. The number of nitrogens with zero attached hydrogens (tertiary/aromatic N) is 1. The van der Waals surface area contributed by atoms with Crippen molar-refractivity contribution in [3.05, 3.63) is 44.6 Å². The van der Waals surface area contributed by atoms with Gasteiger partial charge in [0.15, 0.2) is 0 Å². The van der Waals surface area contributed by atoms with Crippen LogP contribution in [0.5, 0.6) is 5.75 Å². The Labute approximate surface area is 138 Å². The first-order valence-corrected chi connectivity index (χ1v) is 8.20. The van der Waals surface area contributed by atoms with Gasteiger partial charge in [0.2, 0.25) is 5.89 Å². The van der Waals surface area contributed by atoms with E-state index in [1.54, 1.807) is 6.07 Å². The third-order valence-corrected chi connectivity index (χ3v) is 4.04. The molecule has 0 bridgehead atoms. The summed E-state index contributed by atoms with van der Waals surface area (Å²) in [5.41, 5.74) is 0.460. The Morgan fingerprint density at radius 2 is 2.04 bits per heavy atom. The lowest BCUT2D eigenvalue weighted by atomic mass is 10.1. The molecule has 0 fully saturated rings. The highest BCUT2D eigenvalue weighted by Gasteiger charge is 2.16. The van der Waals surface area contributed by atoms with E-state index in [0.717, 1.165) is 29.5 Å². The van der Waals surface area contributed by atoms with Crippen LogP contribution in [0.1, 0.15) is 38.2 Å². The summed E-state index contributed by atoms with van der Waals surface area (Å²) in [5.74, 6) is 0.786. The Morgan fingerprint density at radius 1 is 1.21 bits per heavy atom. The Balaban J connectivity index is 1.96. The molecule has 0 atom stereocenters. The number of aromatic amines is 1. The van der Waals surface area contributed by atoms with Gasteiger partial charge in [-0.2, -0.15) is 4.98 Å². The molecule has 0 spiro atoms. The second kappa shape index (κ2) is 6.86. The molecular weight excluding hydrogens is 308 g/mol. The van der Waals surface area contributed by atoms with Crippen LogP contribution in [0.4, 0.5) is 0 Å². The minimum absolute atomic E-state index is 0.0412. The van der Waals surface area contributed by atoms with Gasteiger partial charge in [-0.05, 0) is 31.5 Å². The SMILES string of the molecule is CCCCCCOc1ccc2cc3c(=O)[nH]c(=O)nc-3oc2c1C. The molecule has 2 heterocycles. The highest BCUT2D eigenvalue weighted by Crippen LogP contribution is 2.31. The lowest BCUT2D eigenvalue weighted by molar-refractivity contribution is 0.303. The third kappa shape index (κ3) is 3.18. The molecule has 2 aliphatic heterocycles. The summed E-state index contributed by atoms with van der Waals surface area (Å²) in [7, 11) is 0. The normalized spacial score (nSPS) is 11.2. The maximum atomic E-state index is 11.8. The molecular formula is C18H20N2O4. The van der Waals surface area contributed by atoms with E-state index >= 15 is 0 Å². The summed E-state index contributed by atoms with van der Waals surface area (Å²) in [6, 6.07) is 5.40. The van der Waals surface area contributed by atoms with E-state index in [9.17, 15) is 9.59 Å². The summed E-state index contributed by atoms with van der Waals surface area (Å²) in [4.78, 5) is 29.1. The Kier molecular flexibility index (Phi) is 4.64. The van der Waals surface area contributed by atoms with Crippen LogP contribution in [0.2, 0.25) is 0 Å². The number of benzene rings is 1. The fraction of sp³-hybridized carbons (Fsp3) is 0.389. The average molecular weight is 328 g/mol. The molecule has 6 nitrogen and oxygen atoms in total. The summed E-state index contributed by atoms with van der Waals surface area (Å²) in [6.07, 6.45) is 4.56. The smallest absolute Gasteiger partial charge is 0.351 e. The van der Waals surface area contributed by atoms with Crippen molar-refractivity contribution in [3.8, 4) is 17.2 Å². The number of hydrogen-bond donors (Lipinski definition) is 1. The summed E-state index contributed by atoms with van der Waals surface area (Å²) < 4.78 is 11.6. The van der Waals surface area contributed by atoms with Crippen LogP contribution in [-0.2, 0) is 0 Å². The van der Waals surface area contributed by atoms with Crippen LogP contribution in [0.3, 0.4) is 0 Å². The number of aromatic nitrogens is 2. The predicted molar refractivity (Wildman–Crippen MR) is 91.9 cm³/mol. The molecule has 1 aromatic carbocycles. The molecule has 0 aliphatic carbocycles. The Morgan fingerprint density at radius 3 is 2.83 bits per heavy atom. The average Bonchev–Trinajstić information content (AvgIpc) is 2.55. The molecule has 0 amide bonds. The van der Waals surface area contributed by atoms with Crippen molar-refractivity contribution >= 4 is 11.0 Å². The number of nitrogens with one attached hydrogen (secondary N) is 1. The monoisotopic (exact) mass is 328 g/mol. The topological polar surface area (TPSA) is 85.2 Å². The van der Waals surface area contributed by atoms with Gasteiger partial charge in [0.1, 0.15) is 16.9 Å². The number of hydrogen-bond acceptors (Lipinski definition) is 5. The minimum Gasteiger partial charge on any atom is -0.493 e. The maximum absolute atomic E-state index is 11.8. The molecule has 0 saturated carbocycles. The van der Waals surface area contributed by atoms with Crippen LogP contribution in [0, 0.1) is 6.92 Å². The molecule has 6 heteroatoms. The maximum Gasteiger partial charge on any atom is 0.351 e. The van der Waals surface area contributed by atoms with Crippen molar-refractivity contribution < 1.29 is 9.15 Å². The van der Waals surface area contributed by atoms with E-state index in [1.807, 2.05) is 19.1 Å². The number of fused-ring (bicyclic) bond motifs is 2. The van der Waals surface area contributed by atoms with Gasteiger partial charge >= 0.3 is 5.69 Å². The van der Waals surface area contributed by atoms with E-state index in [2.05, 4.69) is 16.9 Å². The predicted octanol–water partition coefficient (Wildman–Crippen LogP) is 3.25. The van der Waals surface area contributed by atoms with E-state index in [4.69, 9.17) is 9.15 Å². The molecule has 0 aromatic heterocycles. The first-order chi connectivity index (χ1) is 11.6. The number of H-pyrrole nitrogens is 1. The number of rotatable bonds is 6. The zero-order valence-electron chi connectivity index (χ0n) is 13.8. The fourth-order valence-electron chi connectivity index (χ4n) is 2.71. The van der Waals surface area contributed by atoms with Crippen molar-refractivity contribution in [2.24, 2.45) is 0 Å². The van der Waals surface area contributed by atoms with Gasteiger partial charge in [-0.1, -0.05) is 26.2 Å². The van der Waals surface area contributed by atoms with Crippen LogP contribution < -0.4 is 16.0 Å². The summed E-state index contributed by atoms with van der Waals surface area (Å²) in [5, 5.41) is 0.768. The number of unbranched alkanes of at least 4 members (excludes halogenated alkanes) is 3. The molecule has 3 rings (SSSR count). The van der Waals surface area contributed by atoms with Gasteiger partial charge in [-0.3, -0.25) is 9.78 Å². The van der Waals surface area contributed by atoms with Crippen molar-refractivity contribution in [3.63, 3.8) is 0 Å². The zero-order valence-corrected chi connectivity index (χ0v) is 13.8. The second-order valence-electron chi connectivity index (χ2n) is 5.85. The van der Waals surface area contributed by atoms with Crippen molar-refractivity contribution in [1.29, 1.82) is 0 Å². The van der Waals surface area contributed by atoms with Gasteiger partial charge in [0.25, 0.3) is 5.56 Å². The number of ether oxygens (including phenoxy) is 1. The summed E-state index contributed by atoms with van der Waals surface area (Å²) in [6.45, 7) is 4.72. The van der Waals surface area contributed by atoms with Gasteiger partial charge in [-0.15, -0.1) is 0 Å². The summed E-state index contributed by atoms with van der Waals surface area (Å²) >= 11 is 0. The van der Waals surface area contributed by atoms with Gasteiger partial charge in [-0.25, -0.2) is 4.79 Å². The van der Waals surface area contributed by atoms with E-state index in [-0.39, 0.29) is 11.5 Å². The van der Waals surface area contributed by atoms with Crippen molar-refractivity contribution in [2.45, 2.75) is 39.5 Å². The lowest BCUT2D eigenvalue weighted by Gasteiger charge is -2.12. The van der Waals surface area contributed by atoms with Crippen molar-refractivity contribution in [2.75, 3.05) is 6.61 Å². The fourth-order valence-corrected chi connectivity index (χ4v) is 2.71. The quantitative estimate of drug-likeness (QED) is 0.554. The molecule has 24 heavy (non-hydrogen) atoms. The lowest BCUT2D eigenvalue weighted by Crippen LogP contribution is -2.24. The first kappa shape index (κ1) is 16.2. The standard InChI is InChI=1S/C18H20N2O4/c1-3-4-5-6-9-23-14-8-7-12-10-13-16(21)19-18(22)20-17(13)24-15(12)11(14)2/h7-8,10H,3-6,9H2,1-2H3,(H,19,21,22). The molecule has 2 aliphatic rings. The highest BCUT2D eigenvalue weighted by molar-refractivity contribution is 5.85. The molecule has 126 valence electrons. The third-order valence-electron chi connectivity index (χ3n) is 4.04.